The van der Waals surface area contributed by atoms with Crippen LogP contribution in [0.15, 0.2) is 0 Å². The van der Waals surface area contributed by atoms with E-state index in [1.54, 1.807) is 0 Å². The van der Waals surface area contributed by atoms with E-state index in [0.717, 1.165) is 19.4 Å². The number of aliphatic hydroxyl groups is 1. The molecule has 10 heavy (non-hydrogen) atoms. The Morgan fingerprint density at radius 3 is 2.10 bits per heavy atom. The fourth-order valence-corrected chi connectivity index (χ4v) is 1.19. The molecule has 2 nitrogen and oxygen atoms in total. The molecule has 1 fully saturated rings. The van der Waals surface area contributed by atoms with Gasteiger partial charge in [0.15, 0.2) is 0 Å². The molecule has 0 aromatic rings. The van der Waals surface area contributed by atoms with Crippen LogP contribution in [0.5, 0.6) is 0 Å². The molecule has 0 amide bonds. The van der Waals surface area contributed by atoms with Crippen LogP contribution in [0.2, 0.25) is 0 Å². The summed E-state index contributed by atoms with van der Waals surface area (Å²) in [5, 5.41) is 12.8. The third-order valence-electron chi connectivity index (χ3n) is 2.24. The van der Waals surface area contributed by atoms with Crippen LogP contribution in [0.3, 0.4) is 0 Å². The first-order chi connectivity index (χ1) is 4.41. The lowest BCUT2D eigenvalue weighted by atomic mass is 9.85. The van der Waals surface area contributed by atoms with E-state index < -0.39 is 5.60 Å². The van der Waals surface area contributed by atoms with Crippen molar-refractivity contribution in [3.05, 3.63) is 0 Å². The van der Waals surface area contributed by atoms with Crippen molar-refractivity contribution in [1.29, 1.82) is 0 Å². The Bertz CT molecular complexity index is 101. The van der Waals surface area contributed by atoms with Crippen LogP contribution in [0, 0.1) is 0 Å². The highest BCUT2D eigenvalue weighted by Gasteiger charge is 2.31. The molecule has 1 atom stereocenters. The molecule has 1 heterocycles. The van der Waals surface area contributed by atoms with Crippen LogP contribution in [0.1, 0.15) is 33.6 Å². The minimum absolute atomic E-state index is 0.224. The molecular formula is C8H17NO. The first-order valence-electron chi connectivity index (χ1n) is 3.89. The lowest BCUT2D eigenvalue weighted by Gasteiger charge is -2.39. The fourth-order valence-electron chi connectivity index (χ4n) is 1.19. The third-order valence-corrected chi connectivity index (χ3v) is 2.24. The maximum atomic E-state index is 9.54. The molecule has 1 rings (SSSR count). The minimum atomic E-state index is -0.477. The Balaban J connectivity index is 2.46. The van der Waals surface area contributed by atoms with Crippen LogP contribution in [0.4, 0.5) is 0 Å². The van der Waals surface area contributed by atoms with E-state index in [-0.39, 0.29) is 5.54 Å². The van der Waals surface area contributed by atoms with Crippen molar-refractivity contribution in [3.63, 3.8) is 0 Å². The summed E-state index contributed by atoms with van der Waals surface area (Å²) in [5.74, 6) is 0. The number of hydrogen-bond acceptors (Lipinski definition) is 2. The summed E-state index contributed by atoms with van der Waals surface area (Å²) >= 11 is 0. The second kappa shape index (κ2) is 2.21. The Morgan fingerprint density at radius 2 is 1.80 bits per heavy atom. The number of hydrogen-bond donors (Lipinski definition) is 2. The Morgan fingerprint density at radius 1 is 1.20 bits per heavy atom. The summed E-state index contributed by atoms with van der Waals surface area (Å²) in [5.41, 5.74) is -0.252. The van der Waals surface area contributed by atoms with E-state index in [2.05, 4.69) is 19.2 Å². The molecule has 2 N–H and O–H groups in total. The Hall–Kier alpha value is -0.0800. The van der Waals surface area contributed by atoms with Gasteiger partial charge in [0.05, 0.1) is 5.60 Å². The third kappa shape index (κ3) is 1.96. The lowest BCUT2D eigenvalue weighted by Crippen LogP contribution is -2.53. The molecule has 0 saturated carbocycles. The first kappa shape index (κ1) is 8.02. The van der Waals surface area contributed by atoms with Crippen molar-refractivity contribution in [1.82, 2.24) is 5.32 Å². The second-order valence-corrected chi connectivity index (χ2v) is 4.23. The van der Waals surface area contributed by atoms with Crippen LogP contribution >= 0.6 is 0 Å². The van der Waals surface area contributed by atoms with E-state index in [1.807, 2.05) is 6.92 Å². The van der Waals surface area contributed by atoms with Crippen molar-refractivity contribution in [2.75, 3.05) is 6.54 Å². The maximum Gasteiger partial charge on any atom is 0.0744 e. The smallest absolute Gasteiger partial charge is 0.0744 e. The summed E-state index contributed by atoms with van der Waals surface area (Å²) in [4.78, 5) is 0. The average molecular weight is 143 g/mol. The number of rotatable bonds is 0. The van der Waals surface area contributed by atoms with Crippen LogP contribution < -0.4 is 5.32 Å². The van der Waals surface area contributed by atoms with Gasteiger partial charge in [-0.3, -0.25) is 0 Å². The molecule has 1 unspecified atom stereocenters. The van der Waals surface area contributed by atoms with Crippen molar-refractivity contribution >= 4 is 0 Å². The highest BCUT2D eigenvalue weighted by molar-refractivity contribution is 4.91. The monoisotopic (exact) mass is 143 g/mol. The quantitative estimate of drug-likeness (QED) is 0.528. The van der Waals surface area contributed by atoms with Gasteiger partial charge in [-0.2, -0.15) is 0 Å². The van der Waals surface area contributed by atoms with Crippen LogP contribution in [-0.2, 0) is 0 Å². The van der Waals surface area contributed by atoms with Gasteiger partial charge in [0.25, 0.3) is 0 Å². The molecule has 0 aromatic carbocycles. The predicted molar refractivity (Wildman–Crippen MR) is 41.9 cm³/mol. The second-order valence-electron chi connectivity index (χ2n) is 4.23. The van der Waals surface area contributed by atoms with E-state index in [9.17, 15) is 5.11 Å². The first-order valence-corrected chi connectivity index (χ1v) is 3.89. The fraction of sp³-hybridized carbons (Fsp3) is 1.00. The summed E-state index contributed by atoms with van der Waals surface area (Å²) in [6.07, 6.45) is 1.97. The number of piperidine rings is 1. The van der Waals surface area contributed by atoms with E-state index in [0.29, 0.717) is 0 Å². The Labute approximate surface area is 62.6 Å². The number of β-amino-alcohol motifs (C(OH)–C–C–N with tert-alkyl or cyclic N) is 1. The molecule has 1 saturated heterocycles. The molecule has 0 aromatic heterocycles. The van der Waals surface area contributed by atoms with Gasteiger partial charge in [-0.05, 0) is 33.6 Å². The van der Waals surface area contributed by atoms with Gasteiger partial charge in [-0.15, -0.1) is 0 Å². The van der Waals surface area contributed by atoms with E-state index >= 15 is 0 Å². The largest absolute Gasteiger partial charge is 0.389 e. The highest BCUT2D eigenvalue weighted by Crippen LogP contribution is 2.24. The molecule has 0 spiro atoms. The van der Waals surface area contributed by atoms with Crippen LogP contribution in [0.25, 0.3) is 0 Å². The van der Waals surface area contributed by atoms with Crippen molar-refractivity contribution < 1.29 is 5.11 Å². The van der Waals surface area contributed by atoms with Gasteiger partial charge in [0.1, 0.15) is 0 Å². The Kier molecular flexibility index (Phi) is 1.77. The van der Waals surface area contributed by atoms with Crippen molar-refractivity contribution in [2.24, 2.45) is 0 Å². The number of nitrogens with one attached hydrogen (secondary N) is 1. The summed E-state index contributed by atoms with van der Waals surface area (Å²) in [7, 11) is 0. The van der Waals surface area contributed by atoms with Crippen molar-refractivity contribution in [2.45, 2.75) is 44.8 Å². The standard InChI is InChI=1S/C8H17NO/c1-7(2)4-5-8(3,10)6-9-7/h9-10H,4-6H2,1-3H3. The van der Waals surface area contributed by atoms with Gasteiger partial charge in [-0.25, -0.2) is 0 Å². The zero-order valence-electron chi connectivity index (χ0n) is 7.07. The average Bonchev–Trinajstić information content (AvgIpc) is 1.79. The normalized spacial score (nSPS) is 39.6. The maximum absolute atomic E-state index is 9.54. The zero-order chi connectivity index (χ0) is 7.83. The molecular weight excluding hydrogens is 126 g/mol. The molecule has 0 radical (unpaired) electrons. The van der Waals surface area contributed by atoms with E-state index in [4.69, 9.17) is 0 Å². The molecule has 1 aliphatic heterocycles. The molecule has 1 aliphatic rings. The van der Waals surface area contributed by atoms with Gasteiger partial charge < -0.3 is 10.4 Å². The molecule has 0 aliphatic carbocycles. The van der Waals surface area contributed by atoms with Gasteiger partial charge in [-0.1, -0.05) is 0 Å². The highest BCUT2D eigenvalue weighted by atomic mass is 16.3. The molecule has 2 heteroatoms. The summed E-state index contributed by atoms with van der Waals surface area (Å²) in [6, 6.07) is 0. The SMILES string of the molecule is CC1(O)CCC(C)(C)NC1. The van der Waals surface area contributed by atoms with Crippen LogP contribution in [-0.4, -0.2) is 22.8 Å². The van der Waals surface area contributed by atoms with Gasteiger partial charge in [0, 0.05) is 12.1 Å². The summed E-state index contributed by atoms with van der Waals surface area (Å²) in [6.45, 7) is 6.94. The minimum Gasteiger partial charge on any atom is -0.389 e. The van der Waals surface area contributed by atoms with Crippen molar-refractivity contribution in [3.8, 4) is 0 Å². The summed E-state index contributed by atoms with van der Waals surface area (Å²) < 4.78 is 0. The zero-order valence-corrected chi connectivity index (χ0v) is 7.07. The van der Waals surface area contributed by atoms with Gasteiger partial charge in [0.2, 0.25) is 0 Å². The molecule has 0 bridgehead atoms. The topological polar surface area (TPSA) is 32.3 Å². The molecule has 60 valence electrons. The lowest BCUT2D eigenvalue weighted by molar-refractivity contribution is 0.0108. The van der Waals surface area contributed by atoms with Gasteiger partial charge >= 0.3 is 0 Å². The van der Waals surface area contributed by atoms with E-state index in [1.165, 1.54) is 0 Å². The predicted octanol–water partition coefficient (Wildman–Crippen LogP) is 0.899.